The van der Waals surface area contributed by atoms with Crippen LogP contribution in [0, 0.1) is 10.1 Å². The normalized spacial score (nSPS) is 10.6. The van der Waals surface area contributed by atoms with Gasteiger partial charge in [0.05, 0.1) is 10.5 Å². The monoisotopic (exact) mass is 299 g/mol. The number of phenols is 1. The van der Waals surface area contributed by atoms with Gasteiger partial charge in [0.2, 0.25) is 0 Å². The van der Waals surface area contributed by atoms with Gasteiger partial charge in [-0.25, -0.2) is 0 Å². The number of alkyl halides is 1. The number of phenolic OH excluding ortho intramolecular Hbond substituents is 1. The molecular formula is C11H10BrNO4. The summed E-state index contributed by atoms with van der Waals surface area (Å²) in [5.74, 6) is -0.239. The number of hydrogen-bond acceptors (Lipinski definition) is 4. The minimum atomic E-state index is -0.603. The third kappa shape index (κ3) is 3.39. The molecule has 0 saturated carbocycles. The highest BCUT2D eigenvalue weighted by molar-refractivity contribution is 9.09. The summed E-state index contributed by atoms with van der Waals surface area (Å²) in [6.07, 6.45) is 4.42. The maximum absolute atomic E-state index is 10.7. The average Bonchev–Trinajstić information content (AvgIpc) is 2.31. The van der Waals surface area contributed by atoms with Crippen molar-refractivity contribution in [2.75, 3.05) is 5.33 Å². The van der Waals surface area contributed by atoms with Crippen LogP contribution in [-0.2, 0) is 0 Å². The number of aromatic hydroxyl groups is 1. The Kier molecular flexibility index (Phi) is 4.84. The van der Waals surface area contributed by atoms with Gasteiger partial charge >= 0.3 is 0 Å². The van der Waals surface area contributed by atoms with Crippen molar-refractivity contribution in [3.8, 4) is 5.75 Å². The van der Waals surface area contributed by atoms with E-state index in [0.717, 1.165) is 17.8 Å². The van der Waals surface area contributed by atoms with Crippen molar-refractivity contribution >= 4 is 34.0 Å². The Morgan fingerprint density at radius 1 is 1.41 bits per heavy atom. The molecule has 0 fully saturated rings. The van der Waals surface area contributed by atoms with Gasteiger partial charge in [-0.3, -0.25) is 14.9 Å². The van der Waals surface area contributed by atoms with Crippen LogP contribution in [0.25, 0.3) is 6.08 Å². The molecular weight excluding hydrogens is 290 g/mol. The largest absolute Gasteiger partial charge is 0.507 e. The number of non-ortho nitro benzene ring substituents is 1. The van der Waals surface area contributed by atoms with Gasteiger partial charge in [-0.15, -0.1) is 0 Å². The molecule has 1 N–H and O–H groups in total. The molecule has 0 aliphatic heterocycles. The standard InChI is InChI=1S/C11H10BrNO4/c12-4-2-1-3-8-5-10(13(16)17)6-9(7-14)11(8)15/h1,3,5-7,15H,2,4H2. The molecule has 0 atom stereocenters. The van der Waals surface area contributed by atoms with Crippen molar-refractivity contribution in [3.05, 3.63) is 39.4 Å². The zero-order valence-electron chi connectivity index (χ0n) is 8.80. The summed E-state index contributed by atoms with van der Waals surface area (Å²) in [6, 6.07) is 2.28. The van der Waals surface area contributed by atoms with E-state index >= 15 is 0 Å². The fourth-order valence-corrected chi connectivity index (χ4v) is 1.52. The van der Waals surface area contributed by atoms with Crippen molar-refractivity contribution in [2.45, 2.75) is 6.42 Å². The minimum Gasteiger partial charge on any atom is -0.507 e. The summed E-state index contributed by atoms with van der Waals surface area (Å²) in [4.78, 5) is 20.7. The van der Waals surface area contributed by atoms with E-state index in [4.69, 9.17) is 0 Å². The van der Waals surface area contributed by atoms with Crippen molar-refractivity contribution < 1.29 is 14.8 Å². The van der Waals surface area contributed by atoms with Crippen LogP contribution in [0.5, 0.6) is 5.75 Å². The van der Waals surface area contributed by atoms with Crippen LogP contribution in [0.15, 0.2) is 18.2 Å². The molecule has 1 rings (SSSR count). The number of nitro benzene ring substituents is 1. The number of hydrogen-bond donors (Lipinski definition) is 1. The second kappa shape index (κ2) is 6.15. The van der Waals surface area contributed by atoms with Crippen LogP contribution < -0.4 is 0 Å². The lowest BCUT2D eigenvalue weighted by atomic mass is 10.1. The summed E-state index contributed by atoms with van der Waals surface area (Å²) in [5, 5.41) is 21.1. The molecule has 90 valence electrons. The van der Waals surface area contributed by atoms with Crippen molar-refractivity contribution in [1.29, 1.82) is 0 Å². The van der Waals surface area contributed by atoms with Gasteiger partial charge in [0.15, 0.2) is 6.29 Å². The van der Waals surface area contributed by atoms with Crippen LogP contribution in [0.4, 0.5) is 5.69 Å². The van der Waals surface area contributed by atoms with E-state index in [2.05, 4.69) is 15.9 Å². The number of carbonyl (C=O) groups excluding carboxylic acids is 1. The Morgan fingerprint density at radius 2 is 2.06 bits per heavy atom. The average molecular weight is 300 g/mol. The van der Waals surface area contributed by atoms with Crippen LogP contribution in [0.1, 0.15) is 22.3 Å². The predicted molar refractivity (Wildman–Crippen MR) is 67.6 cm³/mol. The van der Waals surface area contributed by atoms with Gasteiger partial charge in [-0.05, 0) is 6.42 Å². The Labute approximate surface area is 106 Å². The van der Waals surface area contributed by atoms with Gasteiger partial charge in [-0.2, -0.15) is 0 Å². The molecule has 0 aliphatic carbocycles. The number of carbonyl (C=O) groups is 1. The number of nitrogens with zero attached hydrogens (tertiary/aromatic N) is 1. The highest BCUT2D eigenvalue weighted by atomic mass is 79.9. The summed E-state index contributed by atoms with van der Waals surface area (Å²) in [5.41, 5.74) is -0.0386. The van der Waals surface area contributed by atoms with Crippen molar-refractivity contribution in [2.24, 2.45) is 0 Å². The lowest BCUT2D eigenvalue weighted by molar-refractivity contribution is -0.384. The number of aldehydes is 1. The Bertz CT molecular complexity index is 471. The van der Waals surface area contributed by atoms with E-state index in [-0.39, 0.29) is 22.6 Å². The Balaban J connectivity index is 3.22. The molecule has 0 spiro atoms. The smallest absolute Gasteiger partial charge is 0.271 e. The van der Waals surface area contributed by atoms with E-state index in [1.165, 1.54) is 6.07 Å². The summed E-state index contributed by atoms with van der Waals surface area (Å²) < 4.78 is 0. The fraction of sp³-hybridized carbons (Fsp3) is 0.182. The van der Waals surface area contributed by atoms with Crippen LogP contribution >= 0.6 is 15.9 Å². The molecule has 1 aromatic rings. The van der Waals surface area contributed by atoms with E-state index in [0.29, 0.717) is 6.29 Å². The maximum atomic E-state index is 10.7. The highest BCUT2D eigenvalue weighted by Crippen LogP contribution is 2.28. The Morgan fingerprint density at radius 3 is 2.59 bits per heavy atom. The van der Waals surface area contributed by atoms with E-state index in [1.807, 2.05) is 0 Å². The molecule has 0 aromatic heterocycles. The van der Waals surface area contributed by atoms with Crippen LogP contribution in [0.3, 0.4) is 0 Å². The van der Waals surface area contributed by atoms with E-state index in [9.17, 15) is 20.0 Å². The second-order valence-corrected chi connectivity index (χ2v) is 4.02. The fourth-order valence-electron chi connectivity index (χ4n) is 1.26. The molecule has 0 radical (unpaired) electrons. The lowest BCUT2D eigenvalue weighted by Gasteiger charge is -2.02. The first-order chi connectivity index (χ1) is 8.10. The molecule has 17 heavy (non-hydrogen) atoms. The highest BCUT2D eigenvalue weighted by Gasteiger charge is 2.13. The first kappa shape index (κ1) is 13.4. The molecule has 1 aromatic carbocycles. The van der Waals surface area contributed by atoms with E-state index in [1.54, 1.807) is 12.2 Å². The molecule has 5 nitrogen and oxygen atoms in total. The first-order valence-corrected chi connectivity index (χ1v) is 5.91. The van der Waals surface area contributed by atoms with Gasteiger partial charge in [0.25, 0.3) is 5.69 Å². The molecule has 6 heteroatoms. The summed E-state index contributed by atoms with van der Waals surface area (Å²) in [6.45, 7) is 0. The number of halogens is 1. The minimum absolute atomic E-state index is 0.0855. The molecule has 0 unspecified atom stereocenters. The van der Waals surface area contributed by atoms with Gasteiger partial charge in [0, 0.05) is 23.0 Å². The zero-order valence-corrected chi connectivity index (χ0v) is 10.4. The second-order valence-electron chi connectivity index (χ2n) is 3.23. The Hall–Kier alpha value is -1.69. The molecule has 0 amide bonds. The summed E-state index contributed by atoms with van der Waals surface area (Å²) >= 11 is 3.23. The van der Waals surface area contributed by atoms with Crippen LogP contribution in [-0.4, -0.2) is 21.6 Å². The van der Waals surface area contributed by atoms with Gasteiger partial charge in [0.1, 0.15) is 5.75 Å². The SMILES string of the molecule is O=Cc1cc([N+](=O)[O-])cc(C=CCCBr)c1O. The number of benzene rings is 1. The predicted octanol–water partition coefficient (Wildman–Crippen LogP) is 2.91. The molecule has 0 aliphatic rings. The third-order valence-corrected chi connectivity index (χ3v) is 2.52. The lowest BCUT2D eigenvalue weighted by Crippen LogP contribution is -1.92. The van der Waals surface area contributed by atoms with Crippen molar-refractivity contribution in [1.82, 2.24) is 0 Å². The van der Waals surface area contributed by atoms with E-state index < -0.39 is 4.92 Å². The number of rotatable bonds is 5. The zero-order chi connectivity index (χ0) is 12.8. The third-order valence-electron chi connectivity index (χ3n) is 2.06. The first-order valence-electron chi connectivity index (χ1n) is 4.79. The topological polar surface area (TPSA) is 80.4 Å². The van der Waals surface area contributed by atoms with Crippen LogP contribution in [0.2, 0.25) is 0 Å². The molecule has 0 saturated heterocycles. The van der Waals surface area contributed by atoms with Crippen molar-refractivity contribution in [3.63, 3.8) is 0 Å². The number of allylic oxidation sites excluding steroid dienone is 1. The quantitative estimate of drug-likeness (QED) is 0.392. The summed E-state index contributed by atoms with van der Waals surface area (Å²) in [7, 11) is 0. The number of nitro groups is 1. The maximum Gasteiger partial charge on any atom is 0.271 e. The van der Waals surface area contributed by atoms with Gasteiger partial charge < -0.3 is 5.11 Å². The molecule has 0 bridgehead atoms. The molecule has 0 heterocycles. The van der Waals surface area contributed by atoms with Gasteiger partial charge in [-0.1, -0.05) is 28.1 Å².